The van der Waals surface area contributed by atoms with Gasteiger partial charge >= 0.3 is 0 Å². The number of nitrogens with one attached hydrogen (secondary N) is 1. The summed E-state index contributed by atoms with van der Waals surface area (Å²) in [6, 6.07) is 15.1. The van der Waals surface area contributed by atoms with Gasteiger partial charge in [-0.1, -0.05) is 59.2 Å². The molecular formula is C22H22Cl2N4O2S. The Balaban J connectivity index is 1.35. The lowest BCUT2D eigenvalue weighted by Gasteiger charge is -2.14. The molecule has 0 spiro atoms. The molecule has 3 aromatic rings. The van der Waals surface area contributed by atoms with Crippen molar-refractivity contribution in [3.8, 4) is 5.75 Å². The van der Waals surface area contributed by atoms with Crippen LogP contribution in [0, 0.1) is 0 Å². The largest absolute Gasteiger partial charge is 0.484 e. The predicted octanol–water partition coefficient (Wildman–Crippen LogP) is 5.47. The second kappa shape index (κ2) is 9.94. The van der Waals surface area contributed by atoms with E-state index in [1.54, 1.807) is 6.07 Å². The average molecular weight is 477 g/mol. The summed E-state index contributed by atoms with van der Waals surface area (Å²) in [4.78, 5) is 12.5. The van der Waals surface area contributed by atoms with E-state index in [-0.39, 0.29) is 24.3 Å². The molecule has 1 aliphatic rings. The molecule has 1 N–H and O–H groups in total. The molecule has 162 valence electrons. The fraction of sp³-hybridized carbons (Fsp3) is 0.318. The summed E-state index contributed by atoms with van der Waals surface area (Å²) in [7, 11) is 0. The van der Waals surface area contributed by atoms with Crippen LogP contribution >= 0.6 is 35.0 Å². The minimum Gasteiger partial charge on any atom is -0.484 e. The lowest BCUT2D eigenvalue weighted by Crippen LogP contribution is -2.28. The number of carbonyl (C=O) groups is 1. The summed E-state index contributed by atoms with van der Waals surface area (Å²) in [6.45, 7) is 2.22. The minimum absolute atomic E-state index is 0.0633. The standard InChI is InChI=1S/C22H22Cl2N4O2S/c1-14(15-6-8-16(23)9-7-15)25-21(29)13-31-22-27-26-20(28(22)17-10-11-17)12-30-19-5-3-2-4-18(19)24/h2-9,14,17H,10-13H2,1H3,(H,25,29). The molecule has 1 heterocycles. The van der Waals surface area contributed by atoms with Crippen LogP contribution < -0.4 is 10.1 Å². The van der Waals surface area contributed by atoms with Gasteiger partial charge < -0.3 is 10.1 Å². The SMILES string of the molecule is CC(NC(=O)CSc1nnc(COc2ccccc2Cl)n1C1CC1)c1ccc(Cl)cc1. The zero-order valence-corrected chi connectivity index (χ0v) is 19.3. The fourth-order valence-corrected chi connectivity index (χ4v) is 4.31. The number of halogens is 2. The Hall–Kier alpha value is -2.22. The maximum atomic E-state index is 12.5. The lowest BCUT2D eigenvalue weighted by atomic mass is 10.1. The Labute approximate surface area is 195 Å². The molecule has 1 aromatic heterocycles. The third-order valence-electron chi connectivity index (χ3n) is 4.92. The molecule has 0 radical (unpaired) electrons. The van der Waals surface area contributed by atoms with Crippen molar-refractivity contribution >= 4 is 40.9 Å². The molecule has 31 heavy (non-hydrogen) atoms. The van der Waals surface area contributed by atoms with Gasteiger partial charge in [0.1, 0.15) is 12.4 Å². The molecule has 1 aliphatic carbocycles. The van der Waals surface area contributed by atoms with Gasteiger partial charge in [0.25, 0.3) is 0 Å². The molecule has 1 saturated carbocycles. The third kappa shape index (κ3) is 5.73. The Kier molecular flexibility index (Phi) is 7.05. The van der Waals surface area contributed by atoms with E-state index in [1.807, 2.05) is 49.4 Å². The van der Waals surface area contributed by atoms with E-state index in [2.05, 4.69) is 20.1 Å². The topological polar surface area (TPSA) is 69.0 Å². The highest BCUT2D eigenvalue weighted by Crippen LogP contribution is 2.39. The summed E-state index contributed by atoms with van der Waals surface area (Å²) < 4.78 is 7.92. The molecule has 1 amide bonds. The minimum atomic E-state index is -0.105. The van der Waals surface area contributed by atoms with E-state index in [0.717, 1.165) is 29.4 Å². The smallest absolute Gasteiger partial charge is 0.230 e. The van der Waals surface area contributed by atoms with Crippen molar-refractivity contribution in [3.63, 3.8) is 0 Å². The number of hydrogen-bond acceptors (Lipinski definition) is 5. The second-order valence-electron chi connectivity index (χ2n) is 7.35. The monoisotopic (exact) mass is 476 g/mol. The molecule has 4 rings (SSSR count). The summed E-state index contributed by atoms with van der Waals surface area (Å²) in [6.07, 6.45) is 2.15. The number of amides is 1. The molecule has 0 aliphatic heterocycles. The van der Waals surface area contributed by atoms with Crippen LogP contribution in [0.3, 0.4) is 0 Å². The zero-order valence-electron chi connectivity index (χ0n) is 16.9. The number of thioether (sulfide) groups is 1. The van der Waals surface area contributed by atoms with Gasteiger partial charge in [-0.2, -0.15) is 0 Å². The summed E-state index contributed by atoms with van der Waals surface area (Å²) in [5.74, 6) is 1.54. The fourth-order valence-electron chi connectivity index (χ4n) is 3.16. The molecule has 9 heteroatoms. The summed E-state index contributed by atoms with van der Waals surface area (Å²) in [5.41, 5.74) is 1.00. The Morgan fingerprint density at radius 1 is 1.19 bits per heavy atom. The first-order chi connectivity index (χ1) is 15.0. The van der Waals surface area contributed by atoms with Crippen LogP contribution in [0.1, 0.15) is 43.2 Å². The van der Waals surface area contributed by atoms with Crippen LogP contribution in [0.25, 0.3) is 0 Å². The van der Waals surface area contributed by atoms with Crippen LogP contribution in [0.4, 0.5) is 0 Å². The van der Waals surface area contributed by atoms with E-state index in [9.17, 15) is 4.79 Å². The number of ether oxygens (including phenoxy) is 1. The Morgan fingerprint density at radius 3 is 2.65 bits per heavy atom. The molecule has 0 saturated heterocycles. The molecular weight excluding hydrogens is 455 g/mol. The normalized spacial score (nSPS) is 14.3. The van der Waals surface area contributed by atoms with Crippen molar-refractivity contribution in [2.75, 3.05) is 5.75 Å². The number of carbonyl (C=O) groups excluding carboxylic acids is 1. The van der Waals surface area contributed by atoms with Crippen molar-refractivity contribution < 1.29 is 9.53 Å². The quantitative estimate of drug-likeness (QED) is 0.414. The van der Waals surface area contributed by atoms with Crippen molar-refractivity contribution in [1.82, 2.24) is 20.1 Å². The van der Waals surface area contributed by atoms with Gasteiger partial charge in [0.2, 0.25) is 5.91 Å². The Morgan fingerprint density at radius 2 is 1.94 bits per heavy atom. The van der Waals surface area contributed by atoms with E-state index in [4.69, 9.17) is 27.9 Å². The number of benzene rings is 2. The van der Waals surface area contributed by atoms with Gasteiger partial charge in [-0.3, -0.25) is 9.36 Å². The first-order valence-electron chi connectivity index (χ1n) is 10.00. The van der Waals surface area contributed by atoms with E-state index in [0.29, 0.717) is 21.8 Å². The summed E-state index contributed by atoms with van der Waals surface area (Å²) in [5, 5.41) is 13.6. The molecule has 1 fully saturated rings. The highest BCUT2D eigenvalue weighted by atomic mass is 35.5. The van der Waals surface area contributed by atoms with Gasteiger partial charge in [-0.05, 0) is 49.6 Å². The van der Waals surface area contributed by atoms with Crippen LogP contribution in [-0.4, -0.2) is 26.4 Å². The second-order valence-corrected chi connectivity index (χ2v) is 9.13. The van der Waals surface area contributed by atoms with Crippen molar-refractivity contribution in [1.29, 1.82) is 0 Å². The lowest BCUT2D eigenvalue weighted by molar-refractivity contribution is -0.119. The first-order valence-corrected chi connectivity index (χ1v) is 11.7. The van der Waals surface area contributed by atoms with Gasteiger partial charge in [0, 0.05) is 11.1 Å². The predicted molar refractivity (Wildman–Crippen MR) is 123 cm³/mol. The van der Waals surface area contributed by atoms with Gasteiger partial charge in [-0.25, -0.2) is 0 Å². The van der Waals surface area contributed by atoms with E-state index >= 15 is 0 Å². The van der Waals surface area contributed by atoms with Crippen LogP contribution in [-0.2, 0) is 11.4 Å². The number of nitrogens with zero attached hydrogens (tertiary/aromatic N) is 3. The maximum absolute atomic E-state index is 12.5. The van der Waals surface area contributed by atoms with E-state index in [1.165, 1.54) is 11.8 Å². The number of aromatic nitrogens is 3. The first kappa shape index (κ1) is 22.0. The summed E-state index contributed by atoms with van der Waals surface area (Å²) >= 11 is 13.5. The number of rotatable bonds is 9. The maximum Gasteiger partial charge on any atom is 0.230 e. The van der Waals surface area contributed by atoms with Gasteiger partial charge in [0.15, 0.2) is 11.0 Å². The molecule has 1 unspecified atom stereocenters. The Bertz CT molecular complexity index is 1050. The molecule has 2 aromatic carbocycles. The third-order valence-corrected chi connectivity index (χ3v) is 6.43. The molecule has 6 nitrogen and oxygen atoms in total. The van der Waals surface area contributed by atoms with Gasteiger partial charge in [-0.15, -0.1) is 10.2 Å². The zero-order chi connectivity index (χ0) is 21.8. The molecule has 1 atom stereocenters. The molecule has 0 bridgehead atoms. The number of para-hydroxylation sites is 1. The van der Waals surface area contributed by atoms with Gasteiger partial charge in [0.05, 0.1) is 16.8 Å². The van der Waals surface area contributed by atoms with E-state index < -0.39 is 0 Å². The number of hydrogen-bond donors (Lipinski definition) is 1. The highest BCUT2D eigenvalue weighted by molar-refractivity contribution is 7.99. The highest BCUT2D eigenvalue weighted by Gasteiger charge is 2.30. The van der Waals surface area contributed by atoms with Crippen LogP contribution in [0.15, 0.2) is 53.7 Å². The van der Waals surface area contributed by atoms with Crippen LogP contribution in [0.5, 0.6) is 5.75 Å². The van der Waals surface area contributed by atoms with Crippen molar-refractivity contribution in [2.24, 2.45) is 0 Å². The van der Waals surface area contributed by atoms with Crippen LogP contribution in [0.2, 0.25) is 10.0 Å². The average Bonchev–Trinajstić information content (AvgIpc) is 3.52. The van der Waals surface area contributed by atoms with Crippen molar-refractivity contribution in [2.45, 2.75) is 43.6 Å². The van der Waals surface area contributed by atoms with Crippen molar-refractivity contribution in [3.05, 3.63) is 70.0 Å².